The summed E-state index contributed by atoms with van der Waals surface area (Å²) in [5.41, 5.74) is 2.74. The van der Waals surface area contributed by atoms with Crippen LogP contribution in [0.5, 0.6) is 0 Å². The fourth-order valence-corrected chi connectivity index (χ4v) is 3.56. The lowest BCUT2D eigenvalue weighted by Gasteiger charge is -2.36. The number of aliphatic hydroxyl groups is 1. The van der Waals surface area contributed by atoms with Crippen LogP contribution in [0.1, 0.15) is 30.9 Å². The van der Waals surface area contributed by atoms with Crippen LogP contribution in [0.3, 0.4) is 0 Å². The monoisotopic (exact) mass is 288 g/mol. The fourth-order valence-electron chi connectivity index (χ4n) is 3.56. The van der Waals surface area contributed by atoms with Crippen molar-refractivity contribution in [2.24, 2.45) is 0 Å². The highest BCUT2D eigenvalue weighted by Crippen LogP contribution is 2.23. The molecule has 4 nitrogen and oxygen atoms in total. The maximum absolute atomic E-state index is 12.7. The molecule has 0 aromatic heterocycles. The number of nitrogens with zero attached hydrogens (tertiary/aromatic N) is 2. The van der Waals surface area contributed by atoms with E-state index in [2.05, 4.69) is 29.2 Å². The van der Waals surface area contributed by atoms with Crippen molar-refractivity contribution in [2.75, 3.05) is 19.7 Å². The first-order chi connectivity index (χ1) is 10.2. The normalized spacial score (nSPS) is 23.9. The van der Waals surface area contributed by atoms with E-state index in [1.165, 1.54) is 11.1 Å². The van der Waals surface area contributed by atoms with Crippen LogP contribution in [0.15, 0.2) is 24.3 Å². The summed E-state index contributed by atoms with van der Waals surface area (Å²) >= 11 is 0. The van der Waals surface area contributed by atoms with Gasteiger partial charge in [-0.1, -0.05) is 24.3 Å². The summed E-state index contributed by atoms with van der Waals surface area (Å²) in [5.74, 6) is 0.172. The number of carbonyl (C=O) groups is 1. The van der Waals surface area contributed by atoms with Gasteiger partial charge < -0.3 is 10.0 Å². The molecule has 1 saturated heterocycles. The maximum Gasteiger partial charge on any atom is 0.239 e. The van der Waals surface area contributed by atoms with Crippen molar-refractivity contribution in [3.05, 3.63) is 35.4 Å². The average Bonchev–Trinajstić information content (AvgIpc) is 3.01. The second-order valence-electron chi connectivity index (χ2n) is 6.18. The third kappa shape index (κ3) is 2.83. The minimum absolute atomic E-state index is 0.0250. The van der Waals surface area contributed by atoms with E-state index in [0.717, 1.165) is 38.9 Å². The Morgan fingerprint density at radius 2 is 2.10 bits per heavy atom. The molecule has 21 heavy (non-hydrogen) atoms. The molecule has 1 aromatic carbocycles. The zero-order valence-electron chi connectivity index (χ0n) is 12.7. The Labute approximate surface area is 126 Å². The molecule has 0 saturated carbocycles. The Kier molecular flexibility index (Phi) is 4.27. The van der Waals surface area contributed by atoms with Crippen molar-refractivity contribution in [1.82, 2.24) is 9.80 Å². The molecule has 1 N–H and O–H groups in total. The van der Waals surface area contributed by atoms with Crippen molar-refractivity contribution in [1.29, 1.82) is 0 Å². The van der Waals surface area contributed by atoms with Gasteiger partial charge in [0.15, 0.2) is 0 Å². The summed E-state index contributed by atoms with van der Waals surface area (Å²) < 4.78 is 0. The second-order valence-corrected chi connectivity index (χ2v) is 6.18. The van der Waals surface area contributed by atoms with E-state index >= 15 is 0 Å². The zero-order valence-corrected chi connectivity index (χ0v) is 12.7. The molecule has 2 heterocycles. The van der Waals surface area contributed by atoms with Crippen molar-refractivity contribution in [3.63, 3.8) is 0 Å². The maximum atomic E-state index is 12.7. The quantitative estimate of drug-likeness (QED) is 0.915. The summed E-state index contributed by atoms with van der Waals surface area (Å²) in [6, 6.07) is 8.41. The number of amides is 1. The topological polar surface area (TPSA) is 43.8 Å². The van der Waals surface area contributed by atoms with E-state index in [1.54, 1.807) is 0 Å². The summed E-state index contributed by atoms with van der Waals surface area (Å²) in [7, 11) is 0. The van der Waals surface area contributed by atoms with Gasteiger partial charge in [0.25, 0.3) is 0 Å². The third-order valence-electron chi connectivity index (χ3n) is 4.94. The van der Waals surface area contributed by atoms with Gasteiger partial charge in [-0.15, -0.1) is 0 Å². The van der Waals surface area contributed by atoms with Gasteiger partial charge in [0.05, 0.1) is 18.7 Å². The molecule has 114 valence electrons. The molecule has 2 aliphatic heterocycles. The molecule has 0 radical (unpaired) electrons. The second kappa shape index (κ2) is 6.16. The van der Waals surface area contributed by atoms with Crippen molar-refractivity contribution >= 4 is 5.91 Å². The molecule has 3 rings (SSSR count). The number of carbonyl (C=O) groups excluding carboxylic acids is 1. The van der Waals surface area contributed by atoms with Crippen LogP contribution in [0, 0.1) is 0 Å². The van der Waals surface area contributed by atoms with Gasteiger partial charge in [-0.25, -0.2) is 0 Å². The van der Waals surface area contributed by atoms with Crippen molar-refractivity contribution in [2.45, 2.75) is 44.8 Å². The van der Waals surface area contributed by atoms with Crippen LogP contribution >= 0.6 is 0 Å². The molecule has 4 heteroatoms. The number of rotatable bonds is 3. The Morgan fingerprint density at radius 3 is 2.86 bits per heavy atom. The molecule has 1 fully saturated rings. The lowest BCUT2D eigenvalue weighted by atomic mass is 9.98. The van der Waals surface area contributed by atoms with Gasteiger partial charge in [-0.05, 0) is 37.3 Å². The minimum Gasteiger partial charge on any atom is -0.394 e. The lowest BCUT2D eigenvalue weighted by molar-refractivity contribution is -0.138. The van der Waals surface area contributed by atoms with Crippen LogP contribution in [-0.2, 0) is 17.8 Å². The highest BCUT2D eigenvalue weighted by Gasteiger charge is 2.34. The van der Waals surface area contributed by atoms with Gasteiger partial charge in [-0.2, -0.15) is 0 Å². The summed E-state index contributed by atoms with van der Waals surface area (Å²) in [4.78, 5) is 16.8. The first-order valence-electron chi connectivity index (χ1n) is 7.93. The Hall–Kier alpha value is -1.39. The van der Waals surface area contributed by atoms with E-state index in [4.69, 9.17) is 0 Å². The molecule has 0 spiro atoms. The van der Waals surface area contributed by atoms with Crippen LogP contribution < -0.4 is 0 Å². The number of hydrogen-bond donors (Lipinski definition) is 1. The molecular weight excluding hydrogens is 264 g/mol. The Bertz CT molecular complexity index is 517. The number of fused-ring (bicyclic) bond motifs is 1. The predicted molar refractivity (Wildman–Crippen MR) is 81.8 cm³/mol. The fraction of sp³-hybridized carbons (Fsp3) is 0.588. The Balaban J connectivity index is 1.68. The molecule has 1 aromatic rings. The number of aliphatic hydroxyl groups excluding tert-OH is 1. The highest BCUT2D eigenvalue weighted by molar-refractivity contribution is 5.82. The van der Waals surface area contributed by atoms with E-state index in [-0.39, 0.29) is 24.6 Å². The first kappa shape index (κ1) is 14.5. The summed E-state index contributed by atoms with van der Waals surface area (Å²) in [6.45, 7) is 4.66. The molecule has 0 unspecified atom stereocenters. The van der Waals surface area contributed by atoms with Gasteiger partial charge in [-0.3, -0.25) is 9.69 Å². The van der Waals surface area contributed by atoms with Gasteiger partial charge in [0, 0.05) is 19.6 Å². The summed E-state index contributed by atoms with van der Waals surface area (Å²) in [6.07, 6.45) is 2.95. The van der Waals surface area contributed by atoms with E-state index in [9.17, 15) is 9.90 Å². The van der Waals surface area contributed by atoms with Crippen LogP contribution in [0.4, 0.5) is 0 Å². The van der Waals surface area contributed by atoms with Gasteiger partial charge in [0.2, 0.25) is 5.91 Å². The highest BCUT2D eigenvalue weighted by atomic mass is 16.3. The number of benzene rings is 1. The largest absolute Gasteiger partial charge is 0.394 e. The average molecular weight is 288 g/mol. The van der Waals surface area contributed by atoms with E-state index in [0.29, 0.717) is 0 Å². The van der Waals surface area contributed by atoms with Gasteiger partial charge in [0.1, 0.15) is 0 Å². The standard InChI is InChI=1S/C17H24N2O2/c1-13(17(21)19-9-4-7-16(19)12-20)18-10-8-14-5-2-3-6-15(14)11-18/h2-3,5-6,13,16,20H,4,7-12H2,1H3/t13-,16-/m0/s1. The predicted octanol–water partition coefficient (Wildman–Crippen LogP) is 1.42. The zero-order chi connectivity index (χ0) is 14.8. The van der Waals surface area contributed by atoms with Crippen LogP contribution in [0.25, 0.3) is 0 Å². The number of likely N-dealkylation sites (tertiary alicyclic amines) is 1. The molecular formula is C17H24N2O2. The minimum atomic E-state index is -0.106. The van der Waals surface area contributed by atoms with E-state index < -0.39 is 0 Å². The smallest absolute Gasteiger partial charge is 0.239 e. The third-order valence-corrected chi connectivity index (χ3v) is 4.94. The van der Waals surface area contributed by atoms with Crippen molar-refractivity contribution in [3.8, 4) is 0 Å². The molecule has 0 bridgehead atoms. The van der Waals surface area contributed by atoms with E-state index in [1.807, 2.05) is 11.8 Å². The van der Waals surface area contributed by atoms with Crippen LogP contribution in [-0.4, -0.2) is 52.6 Å². The Morgan fingerprint density at radius 1 is 1.33 bits per heavy atom. The molecule has 1 amide bonds. The summed E-state index contributed by atoms with van der Waals surface area (Å²) in [5, 5.41) is 9.40. The van der Waals surface area contributed by atoms with Crippen LogP contribution in [0.2, 0.25) is 0 Å². The molecule has 2 aliphatic rings. The SMILES string of the molecule is C[C@@H](C(=O)N1CCC[C@H]1CO)N1CCc2ccccc2C1. The lowest BCUT2D eigenvalue weighted by Crippen LogP contribution is -2.50. The molecule has 0 aliphatic carbocycles. The molecule has 2 atom stereocenters. The number of hydrogen-bond acceptors (Lipinski definition) is 3. The first-order valence-corrected chi connectivity index (χ1v) is 7.93. The van der Waals surface area contributed by atoms with Crippen molar-refractivity contribution < 1.29 is 9.90 Å². The van der Waals surface area contributed by atoms with Gasteiger partial charge >= 0.3 is 0 Å².